The molecule has 0 saturated carbocycles. The molecular formula is C11H8F9NO3. The lowest BCUT2D eigenvalue weighted by atomic mass is 10.1. The fourth-order valence-electron chi connectivity index (χ4n) is 1.64. The van der Waals surface area contributed by atoms with Crippen molar-refractivity contribution in [2.24, 2.45) is 5.73 Å². The zero-order chi connectivity index (χ0) is 18.9. The maximum absolute atomic E-state index is 12.3. The van der Waals surface area contributed by atoms with Crippen LogP contribution in [0.1, 0.15) is 18.5 Å². The number of benzene rings is 1. The van der Waals surface area contributed by atoms with E-state index in [4.69, 9.17) is 5.73 Å². The van der Waals surface area contributed by atoms with Crippen LogP contribution in [-0.4, -0.2) is 19.1 Å². The highest BCUT2D eigenvalue weighted by molar-refractivity contribution is 5.52. The molecule has 0 radical (unpaired) electrons. The molecule has 1 atom stereocenters. The molecule has 0 spiro atoms. The van der Waals surface area contributed by atoms with Crippen molar-refractivity contribution in [3.05, 3.63) is 17.7 Å². The highest BCUT2D eigenvalue weighted by Crippen LogP contribution is 2.42. The molecule has 138 valence electrons. The van der Waals surface area contributed by atoms with Crippen LogP contribution < -0.4 is 19.9 Å². The van der Waals surface area contributed by atoms with Crippen LogP contribution in [0.2, 0.25) is 0 Å². The molecule has 0 aliphatic heterocycles. The van der Waals surface area contributed by atoms with Crippen LogP contribution in [0, 0.1) is 0 Å². The van der Waals surface area contributed by atoms with Crippen LogP contribution in [-0.2, 0) is 0 Å². The first-order valence-corrected chi connectivity index (χ1v) is 5.78. The minimum absolute atomic E-state index is 0.100. The molecule has 1 rings (SSSR count). The van der Waals surface area contributed by atoms with Crippen LogP contribution in [0.25, 0.3) is 0 Å². The first kappa shape index (κ1) is 20.0. The fraction of sp³-hybridized carbons (Fsp3) is 0.455. The van der Waals surface area contributed by atoms with Gasteiger partial charge in [-0.1, -0.05) is 0 Å². The number of halogens is 9. The van der Waals surface area contributed by atoms with Gasteiger partial charge in [0.15, 0.2) is 0 Å². The van der Waals surface area contributed by atoms with Gasteiger partial charge >= 0.3 is 19.1 Å². The minimum atomic E-state index is -5.41. The van der Waals surface area contributed by atoms with Crippen LogP contribution in [0.4, 0.5) is 39.5 Å². The zero-order valence-corrected chi connectivity index (χ0v) is 11.4. The Morgan fingerprint density at radius 2 is 1.08 bits per heavy atom. The van der Waals surface area contributed by atoms with E-state index in [0.717, 1.165) is 6.92 Å². The van der Waals surface area contributed by atoms with Crippen molar-refractivity contribution >= 4 is 0 Å². The van der Waals surface area contributed by atoms with E-state index < -0.39 is 47.9 Å². The average molecular weight is 373 g/mol. The van der Waals surface area contributed by atoms with E-state index in [1.165, 1.54) is 0 Å². The third kappa shape index (κ3) is 6.60. The molecule has 0 bridgehead atoms. The molecule has 2 N–H and O–H groups in total. The summed E-state index contributed by atoms with van der Waals surface area (Å²) >= 11 is 0. The second-order valence-corrected chi connectivity index (χ2v) is 4.27. The molecule has 0 saturated heterocycles. The van der Waals surface area contributed by atoms with Crippen molar-refractivity contribution in [3.8, 4) is 17.2 Å². The van der Waals surface area contributed by atoms with Crippen LogP contribution in [0.5, 0.6) is 17.2 Å². The van der Waals surface area contributed by atoms with Gasteiger partial charge in [-0.25, -0.2) is 0 Å². The third-order valence-electron chi connectivity index (χ3n) is 2.22. The fourth-order valence-corrected chi connectivity index (χ4v) is 1.64. The summed E-state index contributed by atoms with van der Waals surface area (Å²) in [7, 11) is 0. The summed E-state index contributed by atoms with van der Waals surface area (Å²) in [4.78, 5) is 0. The third-order valence-corrected chi connectivity index (χ3v) is 2.22. The van der Waals surface area contributed by atoms with Crippen molar-refractivity contribution in [1.82, 2.24) is 0 Å². The predicted octanol–water partition coefficient (Wildman–Crippen LogP) is 4.40. The molecule has 13 heteroatoms. The Labute approximate surface area is 127 Å². The summed E-state index contributed by atoms with van der Waals surface area (Å²) in [6.07, 6.45) is -16.2. The zero-order valence-electron chi connectivity index (χ0n) is 11.4. The molecule has 0 aromatic heterocycles. The molecule has 0 heterocycles. The van der Waals surface area contributed by atoms with Crippen molar-refractivity contribution in [2.45, 2.75) is 32.1 Å². The van der Waals surface area contributed by atoms with Crippen molar-refractivity contribution in [1.29, 1.82) is 0 Å². The molecular weight excluding hydrogens is 365 g/mol. The smallest absolute Gasteiger partial charge is 0.406 e. The molecule has 1 aromatic carbocycles. The van der Waals surface area contributed by atoms with E-state index in [1.807, 2.05) is 0 Å². The van der Waals surface area contributed by atoms with Gasteiger partial charge in [0.25, 0.3) is 0 Å². The second kappa shape index (κ2) is 6.45. The molecule has 0 aliphatic rings. The van der Waals surface area contributed by atoms with Crippen LogP contribution >= 0.6 is 0 Å². The summed E-state index contributed by atoms with van der Waals surface area (Å²) in [5.41, 5.74) is 4.33. The molecule has 0 aliphatic carbocycles. The standard InChI is InChI=1S/C11H8F9NO3/c1-4(21)8-6(23-10(15,16)17)2-5(22-9(12,13)14)3-7(8)24-11(18,19)20/h2-4H,21H2,1H3. The summed E-state index contributed by atoms with van der Waals surface area (Å²) in [5.74, 6) is -4.25. The van der Waals surface area contributed by atoms with Gasteiger partial charge in [0, 0.05) is 18.2 Å². The lowest BCUT2D eigenvalue weighted by molar-refractivity contribution is -0.278. The Morgan fingerprint density at radius 3 is 1.33 bits per heavy atom. The van der Waals surface area contributed by atoms with E-state index in [1.54, 1.807) is 0 Å². The Kier molecular flexibility index (Phi) is 5.38. The van der Waals surface area contributed by atoms with Gasteiger partial charge < -0.3 is 19.9 Å². The van der Waals surface area contributed by atoms with Crippen molar-refractivity contribution < 1.29 is 53.7 Å². The van der Waals surface area contributed by atoms with Gasteiger partial charge in [-0.05, 0) is 6.92 Å². The molecule has 24 heavy (non-hydrogen) atoms. The minimum Gasteiger partial charge on any atom is -0.406 e. The second-order valence-electron chi connectivity index (χ2n) is 4.27. The van der Waals surface area contributed by atoms with Crippen molar-refractivity contribution in [3.63, 3.8) is 0 Å². The predicted molar refractivity (Wildman–Crippen MR) is 59.1 cm³/mol. The van der Waals surface area contributed by atoms with Gasteiger partial charge in [0.05, 0.1) is 5.56 Å². The highest BCUT2D eigenvalue weighted by Gasteiger charge is 2.38. The topological polar surface area (TPSA) is 53.7 Å². The first-order valence-electron chi connectivity index (χ1n) is 5.78. The highest BCUT2D eigenvalue weighted by atomic mass is 19.4. The molecule has 0 fully saturated rings. The lowest BCUT2D eigenvalue weighted by Crippen LogP contribution is -2.23. The maximum Gasteiger partial charge on any atom is 0.573 e. The van der Waals surface area contributed by atoms with Crippen molar-refractivity contribution in [2.75, 3.05) is 0 Å². The SMILES string of the molecule is CC(N)c1c(OC(F)(F)F)cc(OC(F)(F)F)cc1OC(F)(F)F. The van der Waals surface area contributed by atoms with Crippen LogP contribution in [0.3, 0.4) is 0 Å². The first-order chi connectivity index (χ1) is 10.6. The quantitative estimate of drug-likeness (QED) is 0.795. The van der Waals surface area contributed by atoms with E-state index in [-0.39, 0.29) is 12.1 Å². The van der Waals surface area contributed by atoms with Gasteiger partial charge in [0.2, 0.25) is 0 Å². The Bertz CT molecular complexity index is 541. The number of hydrogen-bond donors (Lipinski definition) is 1. The van der Waals surface area contributed by atoms with Gasteiger partial charge in [-0.15, -0.1) is 39.5 Å². The Morgan fingerprint density at radius 1 is 0.750 bits per heavy atom. The van der Waals surface area contributed by atoms with Gasteiger partial charge in [-0.2, -0.15) is 0 Å². The monoisotopic (exact) mass is 373 g/mol. The van der Waals surface area contributed by atoms with E-state index >= 15 is 0 Å². The Hall–Kier alpha value is -2.05. The number of rotatable bonds is 4. The summed E-state index contributed by atoms with van der Waals surface area (Å²) in [6.45, 7) is 0.978. The van der Waals surface area contributed by atoms with Crippen LogP contribution in [0.15, 0.2) is 12.1 Å². The Balaban J connectivity index is 3.51. The summed E-state index contributed by atoms with van der Waals surface area (Å²) in [5, 5.41) is 0. The summed E-state index contributed by atoms with van der Waals surface area (Å²) < 4.78 is 121. The molecule has 4 nitrogen and oxygen atoms in total. The average Bonchev–Trinajstić information content (AvgIpc) is 2.19. The van der Waals surface area contributed by atoms with E-state index in [9.17, 15) is 39.5 Å². The molecule has 1 unspecified atom stereocenters. The van der Waals surface area contributed by atoms with E-state index in [0.29, 0.717) is 0 Å². The molecule has 0 amide bonds. The number of alkyl halides is 9. The van der Waals surface area contributed by atoms with Gasteiger partial charge in [-0.3, -0.25) is 0 Å². The summed E-state index contributed by atoms with van der Waals surface area (Å²) in [6, 6.07) is -1.30. The number of ether oxygens (including phenoxy) is 3. The number of nitrogens with two attached hydrogens (primary N) is 1. The maximum atomic E-state index is 12.3. The number of hydrogen-bond acceptors (Lipinski definition) is 4. The van der Waals surface area contributed by atoms with Gasteiger partial charge in [0.1, 0.15) is 17.2 Å². The largest absolute Gasteiger partial charge is 0.573 e. The lowest BCUT2D eigenvalue weighted by Gasteiger charge is -2.21. The van der Waals surface area contributed by atoms with E-state index in [2.05, 4.69) is 14.2 Å². The molecule has 1 aromatic rings. The normalized spacial score (nSPS) is 14.3.